The molecule has 4 aromatic rings. The minimum atomic E-state index is -4.94. The van der Waals surface area contributed by atoms with Gasteiger partial charge in [0.15, 0.2) is 35.1 Å². The number of nitrogen functional groups attached to an aromatic ring is 2. The van der Waals surface area contributed by atoms with Crippen LogP contribution in [0.4, 0.5) is 11.8 Å². The zero-order valence-electron chi connectivity index (χ0n) is 24.5. The molecule has 4 aromatic heterocycles. The Hall–Kier alpha value is -3.30. The number of fused-ring (bicyclic) bond motifs is 5. The maximum atomic E-state index is 13.7. The van der Waals surface area contributed by atoms with E-state index < -0.39 is 83.0 Å². The van der Waals surface area contributed by atoms with Crippen LogP contribution in [-0.4, -0.2) is 100 Å². The molecule has 3 fully saturated rings. The third-order valence-electron chi connectivity index (χ3n) is 8.16. The van der Waals surface area contributed by atoms with E-state index in [9.17, 15) is 23.9 Å². The lowest BCUT2D eigenvalue weighted by atomic mass is 9.93. The molecule has 10 atom stereocenters. The molecule has 0 saturated carbocycles. The van der Waals surface area contributed by atoms with Crippen molar-refractivity contribution in [1.82, 2.24) is 39.0 Å². The minimum Gasteiger partial charge on any atom is -0.444 e. The van der Waals surface area contributed by atoms with Gasteiger partial charge in [-0.2, -0.15) is 4.98 Å². The van der Waals surface area contributed by atoms with Gasteiger partial charge in [-0.1, -0.05) is 13.3 Å². The highest BCUT2D eigenvalue weighted by Crippen LogP contribution is 2.55. The van der Waals surface area contributed by atoms with Crippen molar-refractivity contribution in [1.29, 1.82) is 0 Å². The van der Waals surface area contributed by atoms with E-state index in [0.717, 1.165) is 0 Å². The van der Waals surface area contributed by atoms with E-state index in [1.807, 2.05) is 6.92 Å². The largest absolute Gasteiger partial charge is 0.472 e. The Kier molecular flexibility index (Phi) is 8.23. The molecule has 251 valence electrons. The van der Waals surface area contributed by atoms with E-state index in [2.05, 4.69) is 29.9 Å². The van der Waals surface area contributed by atoms with Crippen LogP contribution in [0, 0.1) is 5.92 Å². The summed E-state index contributed by atoms with van der Waals surface area (Å²) in [4.78, 5) is 46.1. The van der Waals surface area contributed by atoms with Gasteiger partial charge in [0.25, 0.3) is 5.56 Å². The number of nitrogens with two attached hydrogens (primary N) is 2. The highest BCUT2D eigenvalue weighted by Gasteiger charge is 2.52. The highest BCUT2D eigenvalue weighted by atomic mass is 31.2. The zero-order chi connectivity index (χ0) is 33.2. The van der Waals surface area contributed by atoms with Gasteiger partial charge in [-0.05, 0) is 6.42 Å². The normalized spacial score (nSPS) is 36.6. The molecule has 3 radical (unpaired) electrons. The lowest BCUT2D eigenvalue weighted by molar-refractivity contribution is -0.0613. The first-order chi connectivity index (χ1) is 22.4. The molecular weight excluding hydrogens is 665 g/mol. The molecule has 7 rings (SSSR count). The van der Waals surface area contributed by atoms with Crippen molar-refractivity contribution in [2.75, 3.05) is 24.7 Å². The number of aromatic amines is 1. The maximum absolute atomic E-state index is 13.7. The molecule has 0 amide bonds. The molecule has 0 spiro atoms. The number of ether oxygens (including phenoxy) is 2. The van der Waals surface area contributed by atoms with Crippen molar-refractivity contribution in [2.45, 2.75) is 62.7 Å². The number of H-pyrrole nitrogens is 1. The lowest BCUT2D eigenvalue weighted by Gasteiger charge is -2.35. The van der Waals surface area contributed by atoms with Crippen LogP contribution in [0.2, 0.25) is 0 Å². The number of hydrogen-bond acceptors (Lipinski definition) is 17. The predicted octanol–water partition coefficient (Wildman–Crippen LogP) is -0.110. The summed E-state index contributed by atoms with van der Waals surface area (Å²) in [5, 5.41) is 11.3. The van der Waals surface area contributed by atoms with E-state index in [1.54, 1.807) is 0 Å². The van der Waals surface area contributed by atoms with Gasteiger partial charge in [-0.15, -0.1) is 0 Å². The van der Waals surface area contributed by atoms with E-state index in [1.165, 1.54) is 28.1 Å². The molecule has 0 aliphatic carbocycles. The zero-order valence-corrected chi connectivity index (χ0v) is 26.3. The van der Waals surface area contributed by atoms with Crippen LogP contribution in [-0.2, 0) is 36.7 Å². The summed E-state index contributed by atoms with van der Waals surface area (Å²) >= 11 is 0. The van der Waals surface area contributed by atoms with Crippen molar-refractivity contribution in [3.05, 3.63) is 29.3 Å². The molecule has 21 nitrogen and oxygen atoms in total. The van der Waals surface area contributed by atoms with Crippen LogP contribution >= 0.6 is 15.3 Å². The highest BCUT2D eigenvalue weighted by molar-refractivity contribution is 7.79. The Morgan fingerprint density at radius 1 is 0.979 bits per heavy atom. The fourth-order valence-electron chi connectivity index (χ4n) is 6.11. The van der Waals surface area contributed by atoms with Crippen LogP contribution in [0.25, 0.3) is 22.3 Å². The number of nitrogens with one attached hydrogen (secondary N) is 1. The van der Waals surface area contributed by atoms with Gasteiger partial charge in [-0.3, -0.25) is 28.0 Å². The number of rotatable bonds is 4. The molecule has 7 N–H and O–H groups in total. The van der Waals surface area contributed by atoms with E-state index in [-0.39, 0.29) is 34.1 Å². The number of aromatic nitrogens is 8. The standard InChI is InChI=1S/C23H29BN10O11P2/c1-2-3-9-10-4-41-47(38,39)45-16-11(43-21(14(16)35)33-7-29-12-17(25)27-6-28-18(12)33)5-40-46(24,37)44-15(9)22(42-10)34-8-30-13-19(34)31-23(26)32-20(13)36/h6-11,14-16,21-22,35H,2-5H2,1H3,(H,38,39)(H2,25,27,28)(H3,26,31,32,36)/q-1/t9?,10-,11-,14+,15+,16?,21-,22-,46?/m1/s1. The molecule has 3 aliphatic heterocycles. The van der Waals surface area contributed by atoms with Gasteiger partial charge in [0.2, 0.25) is 5.95 Å². The van der Waals surface area contributed by atoms with Gasteiger partial charge in [0.05, 0.1) is 39.4 Å². The summed E-state index contributed by atoms with van der Waals surface area (Å²) in [6, 6.07) is 0. The molecule has 3 saturated heterocycles. The summed E-state index contributed by atoms with van der Waals surface area (Å²) in [5.74, 6) is -0.744. The first-order valence-electron chi connectivity index (χ1n) is 14.4. The average Bonchev–Trinajstić information content (AvgIpc) is 3.76. The van der Waals surface area contributed by atoms with Crippen LogP contribution < -0.4 is 17.0 Å². The Morgan fingerprint density at radius 2 is 1.68 bits per heavy atom. The fourth-order valence-corrected chi connectivity index (χ4v) is 8.09. The first kappa shape index (κ1) is 32.3. The Labute approximate surface area is 265 Å². The number of hydrogen-bond donors (Lipinski definition) is 5. The lowest BCUT2D eigenvalue weighted by Crippen LogP contribution is -2.36. The minimum absolute atomic E-state index is 0.0352. The van der Waals surface area contributed by atoms with Crippen molar-refractivity contribution in [2.24, 2.45) is 5.92 Å². The van der Waals surface area contributed by atoms with Crippen LogP contribution in [0.1, 0.15) is 32.2 Å². The topological polar surface area (TPSA) is 289 Å². The third kappa shape index (κ3) is 5.88. The second kappa shape index (κ2) is 12.0. The Bertz CT molecular complexity index is 1980. The summed E-state index contributed by atoms with van der Waals surface area (Å²) in [6.07, 6.45) is -4.31. The smallest absolute Gasteiger partial charge is 0.444 e. The number of phosphoric ester groups is 1. The first-order valence-corrected chi connectivity index (χ1v) is 17.5. The van der Waals surface area contributed by atoms with Gasteiger partial charge < -0.3 is 52.1 Å². The van der Waals surface area contributed by atoms with E-state index in [4.69, 9.17) is 46.6 Å². The van der Waals surface area contributed by atoms with Gasteiger partial charge in [0.1, 0.15) is 36.3 Å². The molecule has 24 heteroatoms. The molecular formula is C23H29BN10O11P2-. The maximum Gasteiger partial charge on any atom is 0.472 e. The third-order valence-corrected chi connectivity index (χ3v) is 10.2. The Balaban J connectivity index is 1.23. The molecule has 2 bridgehead atoms. The van der Waals surface area contributed by atoms with Crippen LogP contribution in [0.15, 0.2) is 23.8 Å². The van der Waals surface area contributed by atoms with E-state index in [0.29, 0.717) is 12.8 Å². The summed E-state index contributed by atoms with van der Waals surface area (Å²) < 4.78 is 64.3. The Morgan fingerprint density at radius 3 is 2.45 bits per heavy atom. The summed E-state index contributed by atoms with van der Waals surface area (Å²) in [5.41, 5.74) is 11.4. The molecule has 0 aromatic carbocycles. The number of anilines is 2. The monoisotopic (exact) mass is 694 g/mol. The number of aliphatic hydroxyl groups excluding tert-OH is 1. The van der Waals surface area contributed by atoms with Crippen LogP contribution in [0.3, 0.4) is 0 Å². The van der Waals surface area contributed by atoms with Crippen LogP contribution in [0.5, 0.6) is 0 Å². The number of phosphoric acid groups is 1. The number of aliphatic hydroxyl groups is 1. The summed E-state index contributed by atoms with van der Waals surface area (Å²) in [7, 11) is -3.31. The SMILES string of the molecule is [B-]P1(=O)OC[C@H]2O[C@@H](n3cnc4c(N)ncnc43)[C@@H](O)C2OP(=O)(O)OC[C@H]2O[C@@H](n3cnc4c(=O)[nH]c(N)nc43)[C@@H](O1)C2CCC. The fraction of sp³-hybridized carbons (Fsp3) is 0.565. The van der Waals surface area contributed by atoms with Crippen molar-refractivity contribution >= 4 is 57.0 Å². The van der Waals surface area contributed by atoms with Gasteiger partial charge in [-0.25, -0.2) is 24.5 Å². The quantitative estimate of drug-likeness (QED) is 0.137. The molecule has 3 aliphatic rings. The van der Waals surface area contributed by atoms with Gasteiger partial charge >= 0.3 is 7.82 Å². The second-order valence-corrected chi connectivity index (χ2v) is 14.1. The second-order valence-electron chi connectivity index (χ2n) is 11.2. The van der Waals surface area contributed by atoms with Crippen molar-refractivity contribution in [3.63, 3.8) is 0 Å². The predicted molar refractivity (Wildman–Crippen MR) is 159 cm³/mol. The molecule has 4 unspecified atom stereocenters. The van der Waals surface area contributed by atoms with Gasteiger partial charge in [0, 0.05) is 5.92 Å². The summed E-state index contributed by atoms with van der Waals surface area (Å²) in [6.45, 7) is 0.744. The van der Waals surface area contributed by atoms with Crippen molar-refractivity contribution < 1.29 is 46.7 Å². The molecule has 47 heavy (non-hydrogen) atoms. The molecule has 7 heterocycles. The number of nitrogens with zero attached hydrogens (tertiary/aromatic N) is 7. The van der Waals surface area contributed by atoms with Crippen molar-refractivity contribution in [3.8, 4) is 0 Å². The average molecular weight is 694 g/mol. The number of imidazole rings is 2. The van der Waals surface area contributed by atoms with E-state index >= 15 is 0 Å².